The van der Waals surface area contributed by atoms with Gasteiger partial charge in [-0.15, -0.1) is 0 Å². The smallest absolute Gasteiger partial charge is 0.224 e. The Bertz CT molecular complexity index is 394. The molecule has 0 aromatic carbocycles. The topological polar surface area (TPSA) is 54.5 Å². The quantitative estimate of drug-likeness (QED) is 0.604. The zero-order valence-corrected chi connectivity index (χ0v) is 6.55. The number of aromatic amines is 1. The van der Waals surface area contributed by atoms with Gasteiger partial charge in [0.25, 0.3) is 0 Å². The van der Waals surface area contributed by atoms with Gasteiger partial charge in [0.1, 0.15) is 11.3 Å². The molecule has 0 atom stereocenters. The SMILES string of the molecule is Cc1nc2nc(Cl)ncc2[nH]1. The number of imidazole rings is 1. The minimum Gasteiger partial charge on any atom is -0.340 e. The van der Waals surface area contributed by atoms with Crippen LogP contribution in [-0.2, 0) is 0 Å². The highest BCUT2D eigenvalue weighted by molar-refractivity contribution is 6.28. The molecule has 0 aliphatic rings. The summed E-state index contributed by atoms with van der Waals surface area (Å²) < 4.78 is 0. The number of nitrogens with one attached hydrogen (secondary N) is 1. The highest BCUT2D eigenvalue weighted by atomic mass is 35.5. The van der Waals surface area contributed by atoms with Gasteiger partial charge in [0.15, 0.2) is 5.65 Å². The molecule has 0 amide bonds. The maximum absolute atomic E-state index is 5.55. The zero-order valence-electron chi connectivity index (χ0n) is 5.80. The van der Waals surface area contributed by atoms with Gasteiger partial charge in [0.05, 0.1) is 6.20 Å². The van der Waals surface area contributed by atoms with E-state index in [2.05, 4.69) is 19.9 Å². The summed E-state index contributed by atoms with van der Waals surface area (Å²) in [4.78, 5) is 14.8. The van der Waals surface area contributed by atoms with Crippen LogP contribution in [0.15, 0.2) is 6.20 Å². The van der Waals surface area contributed by atoms with E-state index in [9.17, 15) is 0 Å². The Balaban J connectivity index is 2.82. The molecule has 0 aliphatic carbocycles. The maximum Gasteiger partial charge on any atom is 0.224 e. The molecular formula is C6H5ClN4. The molecule has 0 bridgehead atoms. The second-order valence-corrected chi connectivity index (χ2v) is 2.54. The molecule has 0 unspecified atom stereocenters. The van der Waals surface area contributed by atoms with Crippen LogP contribution < -0.4 is 0 Å². The Labute approximate surface area is 67.6 Å². The number of halogens is 1. The average Bonchev–Trinajstić information content (AvgIpc) is 2.27. The predicted octanol–water partition coefficient (Wildman–Crippen LogP) is 1.31. The van der Waals surface area contributed by atoms with E-state index in [1.54, 1.807) is 6.20 Å². The first-order valence-electron chi connectivity index (χ1n) is 3.10. The van der Waals surface area contributed by atoms with Crippen molar-refractivity contribution in [2.75, 3.05) is 0 Å². The van der Waals surface area contributed by atoms with Gasteiger partial charge in [-0.3, -0.25) is 0 Å². The molecule has 2 aromatic heterocycles. The third kappa shape index (κ3) is 1.05. The molecule has 0 saturated carbocycles. The second-order valence-electron chi connectivity index (χ2n) is 2.20. The minimum atomic E-state index is 0.226. The molecule has 0 aliphatic heterocycles. The summed E-state index contributed by atoms with van der Waals surface area (Å²) in [5.74, 6) is 0.816. The van der Waals surface area contributed by atoms with Crippen LogP contribution in [0.2, 0.25) is 5.28 Å². The van der Waals surface area contributed by atoms with Crippen molar-refractivity contribution in [2.24, 2.45) is 0 Å². The lowest BCUT2D eigenvalue weighted by Gasteiger charge is -1.85. The number of aryl methyl sites for hydroxylation is 1. The normalized spacial score (nSPS) is 10.7. The second kappa shape index (κ2) is 2.17. The minimum absolute atomic E-state index is 0.226. The molecule has 11 heavy (non-hydrogen) atoms. The van der Waals surface area contributed by atoms with E-state index in [0.717, 1.165) is 11.3 Å². The molecular weight excluding hydrogens is 164 g/mol. The summed E-state index contributed by atoms with van der Waals surface area (Å²) in [6.45, 7) is 1.86. The highest BCUT2D eigenvalue weighted by Gasteiger charge is 2.00. The zero-order chi connectivity index (χ0) is 7.84. The molecule has 0 radical (unpaired) electrons. The molecule has 2 aromatic rings. The van der Waals surface area contributed by atoms with Crippen molar-refractivity contribution in [2.45, 2.75) is 6.92 Å². The number of hydrogen-bond donors (Lipinski definition) is 1. The van der Waals surface area contributed by atoms with Crippen LogP contribution in [0.1, 0.15) is 5.82 Å². The van der Waals surface area contributed by atoms with E-state index < -0.39 is 0 Å². The fourth-order valence-corrected chi connectivity index (χ4v) is 1.04. The Morgan fingerprint density at radius 1 is 1.45 bits per heavy atom. The first kappa shape index (κ1) is 6.54. The van der Waals surface area contributed by atoms with E-state index in [0.29, 0.717) is 5.65 Å². The largest absolute Gasteiger partial charge is 0.340 e. The standard InChI is InChI=1S/C6H5ClN4/c1-3-9-4-2-8-6(7)11-5(4)10-3/h2H,1H3,(H,8,9,10,11). The molecule has 0 saturated heterocycles. The summed E-state index contributed by atoms with van der Waals surface area (Å²) in [5, 5.41) is 0.226. The van der Waals surface area contributed by atoms with Gasteiger partial charge in [-0.25, -0.2) is 9.97 Å². The lowest BCUT2D eigenvalue weighted by molar-refractivity contribution is 1.16. The van der Waals surface area contributed by atoms with Crippen molar-refractivity contribution in [1.29, 1.82) is 0 Å². The Morgan fingerprint density at radius 3 is 3.09 bits per heavy atom. The number of aromatic nitrogens is 4. The number of H-pyrrole nitrogens is 1. The fourth-order valence-electron chi connectivity index (χ4n) is 0.907. The lowest BCUT2D eigenvalue weighted by Crippen LogP contribution is -1.81. The molecule has 0 spiro atoms. The number of rotatable bonds is 0. The lowest BCUT2D eigenvalue weighted by atomic mass is 10.6. The molecule has 4 nitrogen and oxygen atoms in total. The van der Waals surface area contributed by atoms with Crippen molar-refractivity contribution in [3.63, 3.8) is 0 Å². The predicted molar refractivity (Wildman–Crippen MR) is 41.4 cm³/mol. The van der Waals surface area contributed by atoms with Crippen molar-refractivity contribution in [1.82, 2.24) is 19.9 Å². The van der Waals surface area contributed by atoms with Crippen LogP contribution >= 0.6 is 11.6 Å². The van der Waals surface area contributed by atoms with E-state index in [4.69, 9.17) is 11.6 Å². The Hall–Kier alpha value is -1.16. The maximum atomic E-state index is 5.55. The van der Waals surface area contributed by atoms with Crippen LogP contribution in [0.5, 0.6) is 0 Å². The van der Waals surface area contributed by atoms with Crippen LogP contribution in [0, 0.1) is 6.92 Å². The Kier molecular flexibility index (Phi) is 1.29. The first-order valence-corrected chi connectivity index (χ1v) is 3.48. The van der Waals surface area contributed by atoms with E-state index in [1.165, 1.54) is 0 Å². The van der Waals surface area contributed by atoms with Gasteiger partial charge >= 0.3 is 0 Å². The number of nitrogens with zero attached hydrogens (tertiary/aromatic N) is 3. The monoisotopic (exact) mass is 168 g/mol. The van der Waals surface area contributed by atoms with Gasteiger partial charge in [0, 0.05) is 0 Å². The first-order chi connectivity index (χ1) is 5.25. The third-order valence-corrected chi connectivity index (χ3v) is 1.51. The van der Waals surface area contributed by atoms with Crippen molar-refractivity contribution >= 4 is 22.8 Å². The van der Waals surface area contributed by atoms with Gasteiger partial charge in [0.2, 0.25) is 5.28 Å². The van der Waals surface area contributed by atoms with Crippen LogP contribution in [0.25, 0.3) is 11.2 Å². The molecule has 56 valence electrons. The summed E-state index contributed by atoms with van der Waals surface area (Å²) in [7, 11) is 0. The molecule has 2 heterocycles. The summed E-state index contributed by atoms with van der Waals surface area (Å²) in [6.07, 6.45) is 1.62. The van der Waals surface area contributed by atoms with Crippen LogP contribution in [-0.4, -0.2) is 19.9 Å². The van der Waals surface area contributed by atoms with Crippen LogP contribution in [0.3, 0.4) is 0 Å². The Morgan fingerprint density at radius 2 is 2.27 bits per heavy atom. The van der Waals surface area contributed by atoms with E-state index >= 15 is 0 Å². The van der Waals surface area contributed by atoms with Gasteiger partial charge < -0.3 is 4.98 Å². The van der Waals surface area contributed by atoms with Gasteiger partial charge in [-0.1, -0.05) is 0 Å². The van der Waals surface area contributed by atoms with Crippen LogP contribution in [0.4, 0.5) is 0 Å². The van der Waals surface area contributed by atoms with Gasteiger partial charge in [-0.2, -0.15) is 4.98 Å². The molecule has 2 rings (SSSR count). The molecule has 0 fully saturated rings. The highest BCUT2D eigenvalue weighted by Crippen LogP contribution is 2.08. The summed E-state index contributed by atoms with van der Waals surface area (Å²) >= 11 is 5.55. The summed E-state index contributed by atoms with van der Waals surface area (Å²) in [6, 6.07) is 0. The fraction of sp³-hybridized carbons (Fsp3) is 0.167. The average molecular weight is 169 g/mol. The van der Waals surface area contributed by atoms with E-state index in [1.807, 2.05) is 6.92 Å². The van der Waals surface area contributed by atoms with Crippen molar-refractivity contribution in [3.05, 3.63) is 17.3 Å². The number of hydrogen-bond acceptors (Lipinski definition) is 3. The van der Waals surface area contributed by atoms with Crippen molar-refractivity contribution < 1.29 is 0 Å². The van der Waals surface area contributed by atoms with Crippen molar-refractivity contribution in [3.8, 4) is 0 Å². The summed E-state index contributed by atoms with van der Waals surface area (Å²) in [5.41, 5.74) is 1.43. The van der Waals surface area contributed by atoms with Gasteiger partial charge in [-0.05, 0) is 18.5 Å². The molecule has 1 N–H and O–H groups in total. The third-order valence-electron chi connectivity index (χ3n) is 1.33. The molecule has 5 heteroatoms. The van der Waals surface area contributed by atoms with E-state index in [-0.39, 0.29) is 5.28 Å². The number of fused-ring (bicyclic) bond motifs is 1.